The Balaban J connectivity index is 1.19. The minimum absolute atomic E-state index is 0.136. The molecule has 0 saturated carbocycles. The van der Waals surface area contributed by atoms with E-state index in [1.165, 1.54) is 34.8 Å². The Labute approximate surface area is 199 Å². The molecule has 0 spiro atoms. The van der Waals surface area contributed by atoms with Gasteiger partial charge >= 0.3 is 0 Å². The van der Waals surface area contributed by atoms with E-state index in [1.54, 1.807) is 6.07 Å². The number of fused-ring (bicyclic) bond motifs is 1. The molecule has 1 amide bonds. The molecule has 1 aliphatic heterocycles. The molecule has 7 heteroatoms. The molecule has 0 aliphatic carbocycles. The number of aromatic nitrogens is 3. The van der Waals surface area contributed by atoms with Crippen LogP contribution in [0.3, 0.4) is 0 Å². The molecule has 0 atom stereocenters. The van der Waals surface area contributed by atoms with E-state index in [4.69, 9.17) is 4.42 Å². The van der Waals surface area contributed by atoms with Crippen LogP contribution < -0.4 is 5.32 Å². The molecule has 1 N–H and O–H groups in total. The molecule has 2 aromatic carbocycles. The van der Waals surface area contributed by atoms with Crippen LogP contribution in [-0.4, -0.2) is 45.2 Å². The van der Waals surface area contributed by atoms with Crippen LogP contribution in [-0.2, 0) is 25.9 Å². The number of carbonyl (C=O) groups is 1. The molecule has 0 bridgehead atoms. The molecule has 3 heterocycles. The third-order valence-electron chi connectivity index (χ3n) is 6.40. The van der Waals surface area contributed by atoms with E-state index >= 15 is 0 Å². The molecule has 7 nitrogen and oxygen atoms in total. The van der Waals surface area contributed by atoms with Gasteiger partial charge in [-0.1, -0.05) is 42.5 Å². The van der Waals surface area contributed by atoms with Crippen LogP contribution in [0.2, 0.25) is 0 Å². The number of hydrogen-bond acceptors (Lipinski definition) is 5. The highest BCUT2D eigenvalue weighted by Crippen LogP contribution is 2.24. The monoisotopic (exact) mass is 455 g/mol. The van der Waals surface area contributed by atoms with Crippen molar-refractivity contribution < 1.29 is 9.21 Å². The van der Waals surface area contributed by atoms with Crippen molar-refractivity contribution in [2.75, 3.05) is 19.6 Å². The van der Waals surface area contributed by atoms with Gasteiger partial charge in [-0.3, -0.25) is 9.69 Å². The van der Waals surface area contributed by atoms with Crippen LogP contribution in [0, 0.1) is 6.92 Å². The first kappa shape index (κ1) is 22.1. The summed E-state index contributed by atoms with van der Waals surface area (Å²) in [5.74, 6) is 1.81. The first-order valence-electron chi connectivity index (χ1n) is 11.8. The largest absolute Gasteiger partial charge is 0.472 e. The molecule has 2 aromatic heterocycles. The van der Waals surface area contributed by atoms with Crippen LogP contribution in [0.25, 0.3) is 11.1 Å². The molecular formula is C27H29N5O2. The number of amides is 1. The number of furan rings is 1. The maximum atomic E-state index is 12.1. The Hall–Kier alpha value is -3.71. The van der Waals surface area contributed by atoms with E-state index in [-0.39, 0.29) is 5.91 Å². The third-order valence-corrected chi connectivity index (χ3v) is 6.40. The van der Waals surface area contributed by atoms with Gasteiger partial charge in [0.25, 0.3) is 5.91 Å². The second-order valence-corrected chi connectivity index (χ2v) is 8.74. The SMILES string of the molecule is Cc1ccccc1-c1cccc(CN2CCc3nnc(CCNC(=O)c4ccoc4)n3CC2)c1. The van der Waals surface area contributed by atoms with Gasteiger partial charge in [0.2, 0.25) is 0 Å². The predicted molar refractivity (Wildman–Crippen MR) is 130 cm³/mol. The first-order valence-corrected chi connectivity index (χ1v) is 11.8. The Morgan fingerprint density at radius 1 is 1.06 bits per heavy atom. The van der Waals surface area contributed by atoms with Crippen molar-refractivity contribution in [3.05, 3.63) is 95.5 Å². The van der Waals surface area contributed by atoms with Crippen LogP contribution >= 0.6 is 0 Å². The fourth-order valence-corrected chi connectivity index (χ4v) is 4.55. The van der Waals surface area contributed by atoms with E-state index in [9.17, 15) is 4.79 Å². The van der Waals surface area contributed by atoms with E-state index in [1.807, 2.05) is 0 Å². The molecule has 0 unspecified atom stereocenters. The quantitative estimate of drug-likeness (QED) is 0.458. The highest BCUT2D eigenvalue weighted by Gasteiger charge is 2.19. The summed E-state index contributed by atoms with van der Waals surface area (Å²) in [6.45, 7) is 6.32. The van der Waals surface area contributed by atoms with Gasteiger partial charge in [0, 0.05) is 45.6 Å². The number of nitrogens with zero attached hydrogens (tertiary/aromatic N) is 4. The molecule has 5 rings (SSSR count). The summed E-state index contributed by atoms with van der Waals surface area (Å²) in [5.41, 5.74) is 5.70. The molecule has 0 fully saturated rings. The number of nitrogens with one attached hydrogen (secondary N) is 1. The zero-order valence-corrected chi connectivity index (χ0v) is 19.4. The minimum Gasteiger partial charge on any atom is -0.472 e. The summed E-state index contributed by atoms with van der Waals surface area (Å²) in [5, 5.41) is 11.7. The molecule has 1 aliphatic rings. The lowest BCUT2D eigenvalue weighted by atomic mass is 9.99. The van der Waals surface area contributed by atoms with Gasteiger partial charge in [-0.25, -0.2) is 0 Å². The molecule has 0 radical (unpaired) electrons. The van der Waals surface area contributed by atoms with E-state index in [0.717, 1.165) is 44.2 Å². The van der Waals surface area contributed by atoms with Crippen LogP contribution in [0.5, 0.6) is 0 Å². The molecular weight excluding hydrogens is 426 g/mol. The minimum atomic E-state index is -0.136. The van der Waals surface area contributed by atoms with Crippen LogP contribution in [0.4, 0.5) is 0 Å². The van der Waals surface area contributed by atoms with Gasteiger partial charge in [0.1, 0.15) is 17.9 Å². The van der Waals surface area contributed by atoms with Gasteiger partial charge in [-0.15, -0.1) is 10.2 Å². The lowest BCUT2D eigenvalue weighted by molar-refractivity contribution is 0.0953. The normalized spacial score (nSPS) is 13.9. The van der Waals surface area contributed by atoms with Crippen molar-refractivity contribution >= 4 is 5.91 Å². The molecule has 34 heavy (non-hydrogen) atoms. The molecule has 174 valence electrons. The summed E-state index contributed by atoms with van der Waals surface area (Å²) in [4.78, 5) is 14.6. The average molecular weight is 456 g/mol. The van der Waals surface area contributed by atoms with Gasteiger partial charge in [-0.2, -0.15) is 0 Å². The smallest absolute Gasteiger partial charge is 0.254 e. The van der Waals surface area contributed by atoms with Crippen molar-refractivity contribution in [3.63, 3.8) is 0 Å². The zero-order valence-electron chi connectivity index (χ0n) is 19.4. The molecule has 0 saturated heterocycles. The van der Waals surface area contributed by atoms with E-state index in [2.05, 4.69) is 80.4 Å². The third kappa shape index (κ3) is 4.94. The number of hydrogen-bond donors (Lipinski definition) is 1. The summed E-state index contributed by atoms with van der Waals surface area (Å²) in [6.07, 6.45) is 4.46. The van der Waals surface area contributed by atoms with Gasteiger partial charge in [0.05, 0.1) is 11.8 Å². The van der Waals surface area contributed by atoms with Gasteiger partial charge in [0.15, 0.2) is 0 Å². The lowest BCUT2D eigenvalue weighted by Gasteiger charge is -2.20. The highest BCUT2D eigenvalue weighted by molar-refractivity contribution is 5.93. The van der Waals surface area contributed by atoms with E-state index < -0.39 is 0 Å². The van der Waals surface area contributed by atoms with Crippen LogP contribution in [0.15, 0.2) is 71.5 Å². The Bertz CT molecular complexity index is 1260. The second-order valence-electron chi connectivity index (χ2n) is 8.74. The summed E-state index contributed by atoms with van der Waals surface area (Å²) in [6, 6.07) is 19.0. The number of carbonyl (C=O) groups excluding carboxylic acids is 1. The second kappa shape index (κ2) is 10.1. The van der Waals surface area contributed by atoms with E-state index in [0.29, 0.717) is 18.5 Å². The number of rotatable bonds is 7. The Morgan fingerprint density at radius 3 is 2.82 bits per heavy atom. The lowest BCUT2D eigenvalue weighted by Crippen LogP contribution is -2.28. The Kier molecular flexibility index (Phi) is 6.53. The molecule has 4 aromatic rings. The fraction of sp³-hybridized carbons (Fsp3) is 0.296. The number of aryl methyl sites for hydroxylation is 1. The van der Waals surface area contributed by atoms with Gasteiger partial charge < -0.3 is 14.3 Å². The van der Waals surface area contributed by atoms with Crippen molar-refractivity contribution in [3.8, 4) is 11.1 Å². The zero-order chi connectivity index (χ0) is 23.3. The summed E-state index contributed by atoms with van der Waals surface area (Å²) < 4.78 is 7.19. The van der Waals surface area contributed by atoms with Crippen molar-refractivity contribution in [2.24, 2.45) is 0 Å². The van der Waals surface area contributed by atoms with Crippen molar-refractivity contribution in [1.82, 2.24) is 25.0 Å². The predicted octanol–water partition coefficient (Wildman–Crippen LogP) is 3.88. The summed E-state index contributed by atoms with van der Waals surface area (Å²) in [7, 11) is 0. The van der Waals surface area contributed by atoms with Crippen molar-refractivity contribution in [1.29, 1.82) is 0 Å². The summed E-state index contributed by atoms with van der Waals surface area (Å²) >= 11 is 0. The fourth-order valence-electron chi connectivity index (χ4n) is 4.55. The standard InChI is InChI=1S/C27H29N5O2/c1-20-5-2-3-8-24(20)22-7-4-6-21(17-22)18-31-13-10-26-30-29-25(32(26)15-14-31)9-12-28-27(33)23-11-16-34-19-23/h2-8,11,16-17,19H,9-10,12-15,18H2,1H3,(H,28,33). The Morgan fingerprint density at radius 2 is 1.97 bits per heavy atom. The topological polar surface area (TPSA) is 76.2 Å². The van der Waals surface area contributed by atoms with Gasteiger partial charge in [-0.05, 0) is 41.3 Å². The van der Waals surface area contributed by atoms with Crippen LogP contribution in [0.1, 0.15) is 33.1 Å². The first-order chi connectivity index (χ1) is 16.7. The highest BCUT2D eigenvalue weighted by atomic mass is 16.3. The maximum absolute atomic E-state index is 12.1. The van der Waals surface area contributed by atoms with Crippen molar-refractivity contribution in [2.45, 2.75) is 32.9 Å². The average Bonchev–Trinajstić information content (AvgIpc) is 3.48. The maximum Gasteiger partial charge on any atom is 0.254 e. The number of benzene rings is 2.